The quantitative estimate of drug-likeness (QED) is 0.721. The maximum atomic E-state index is 12.3. The summed E-state index contributed by atoms with van der Waals surface area (Å²) in [5, 5.41) is 7.89. The van der Waals surface area contributed by atoms with E-state index < -0.39 is 12.1 Å². The van der Waals surface area contributed by atoms with E-state index in [0.29, 0.717) is 17.7 Å². The van der Waals surface area contributed by atoms with E-state index in [-0.39, 0.29) is 11.0 Å². The lowest BCUT2D eigenvalue weighted by molar-refractivity contribution is 0.206. The van der Waals surface area contributed by atoms with Crippen LogP contribution < -0.4 is 15.4 Å². The number of halogens is 1. The average molecular weight is 383 g/mol. The van der Waals surface area contributed by atoms with Gasteiger partial charge in [-0.3, -0.25) is 4.90 Å². The number of hydrogen-bond acceptors (Lipinski definition) is 5. The summed E-state index contributed by atoms with van der Waals surface area (Å²) >= 11 is 6.15. The number of anilines is 1. The molecule has 3 rings (SSSR count). The van der Waals surface area contributed by atoms with E-state index >= 15 is 0 Å². The van der Waals surface area contributed by atoms with E-state index in [1.54, 1.807) is 25.2 Å². The molecule has 1 heterocycles. The standard InChI is InChI=1S/C20H19ClN4O2/c1-25(15-10-6-3-7-11-15)20(26)27-18-13-16(19(21)24-23-18)17(22)12-14-8-4-2-5-9-14/h2-11,13,17H,12,22H2,1H3. The molecule has 0 aliphatic heterocycles. The van der Waals surface area contributed by atoms with Crippen LogP contribution in [0.5, 0.6) is 5.88 Å². The van der Waals surface area contributed by atoms with Crippen molar-refractivity contribution in [1.29, 1.82) is 0 Å². The monoisotopic (exact) mass is 382 g/mol. The van der Waals surface area contributed by atoms with Crippen molar-refractivity contribution >= 4 is 23.4 Å². The van der Waals surface area contributed by atoms with Crippen molar-refractivity contribution in [2.75, 3.05) is 11.9 Å². The minimum absolute atomic E-state index is 0.0469. The number of rotatable bonds is 5. The van der Waals surface area contributed by atoms with Crippen molar-refractivity contribution in [2.24, 2.45) is 5.73 Å². The molecule has 0 fully saturated rings. The predicted octanol–water partition coefficient (Wildman–Crippen LogP) is 4.01. The van der Waals surface area contributed by atoms with Crippen molar-refractivity contribution in [3.05, 3.63) is 83.0 Å². The molecule has 138 valence electrons. The van der Waals surface area contributed by atoms with Crippen molar-refractivity contribution in [3.8, 4) is 5.88 Å². The first-order valence-electron chi connectivity index (χ1n) is 8.38. The van der Waals surface area contributed by atoms with E-state index in [2.05, 4.69) is 10.2 Å². The first kappa shape index (κ1) is 18.8. The molecular weight excluding hydrogens is 364 g/mol. The van der Waals surface area contributed by atoms with Crippen LogP contribution in [0.25, 0.3) is 0 Å². The van der Waals surface area contributed by atoms with Gasteiger partial charge < -0.3 is 10.5 Å². The second-order valence-electron chi connectivity index (χ2n) is 5.99. The Kier molecular flexibility index (Phi) is 6.01. The van der Waals surface area contributed by atoms with Gasteiger partial charge in [-0.2, -0.15) is 0 Å². The number of nitrogens with zero attached hydrogens (tertiary/aromatic N) is 3. The maximum Gasteiger partial charge on any atom is 0.420 e. The van der Waals surface area contributed by atoms with Crippen molar-refractivity contribution < 1.29 is 9.53 Å². The van der Waals surface area contributed by atoms with E-state index in [1.807, 2.05) is 48.5 Å². The van der Waals surface area contributed by atoms with Crippen molar-refractivity contribution in [1.82, 2.24) is 10.2 Å². The number of amides is 1. The van der Waals surface area contributed by atoms with Gasteiger partial charge in [0.25, 0.3) is 0 Å². The lowest BCUT2D eigenvalue weighted by Gasteiger charge is -2.17. The topological polar surface area (TPSA) is 81.3 Å². The van der Waals surface area contributed by atoms with Gasteiger partial charge in [0.05, 0.1) is 0 Å². The molecule has 1 amide bonds. The van der Waals surface area contributed by atoms with Crippen LogP contribution in [-0.4, -0.2) is 23.3 Å². The molecule has 2 N–H and O–H groups in total. The smallest absolute Gasteiger partial charge is 0.389 e. The number of carbonyl (C=O) groups is 1. The summed E-state index contributed by atoms with van der Waals surface area (Å²) in [6.07, 6.45) is -0.00999. The zero-order valence-corrected chi connectivity index (χ0v) is 15.5. The normalized spacial score (nSPS) is 11.7. The van der Waals surface area contributed by atoms with E-state index in [1.165, 1.54) is 4.90 Å². The third kappa shape index (κ3) is 4.81. The van der Waals surface area contributed by atoms with Gasteiger partial charge in [0.15, 0.2) is 5.15 Å². The van der Waals surface area contributed by atoms with E-state index in [9.17, 15) is 4.79 Å². The molecule has 1 aromatic heterocycles. The van der Waals surface area contributed by atoms with Crippen LogP contribution in [-0.2, 0) is 6.42 Å². The molecule has 27 heavy (non-hydrogen) atoms. The molecule has 3 aromatic rings. The maximum absolute atomic E-state index is 12.3. The van der Waals surface area contributed by atoms with Gasteiger partial charge in [-0.1, -0.05) is 60.1 Å². The van der Waals surface area contributed by atoms with Crippen molar-refractivity contribution in [3.63, 3.8) is 0 Å². The minimum atomic E-state index is -0.583. The van der Waals surface area contributed by atoms with Crippen LogP contribution in [0.3, 0.4) is 0 Å². The highest BCUT2D eigenvalue weighted by molar-refractivity contribution is 6.30. The summed E-state index contributed by atoms with van der Waals surface area (Å²) in [6.45, 7) is 0. The summed E-state index contributed by atoms with van der Waals surface area (Å²) in [4.78, 5) is 13.7. The van der Waals surface area contributed by atoms with Crippen molar-refractivity contribution in [2.45, 2.75) is 12.5 Å². The molecule has 6 nitrogen and oxygen atoms in total. The Bertz CT molecular complexity index is 906. The predicted molar refractivity (Wildman–Crippen MR) is 105 cm³/mol. The van der Waals surface area contributed by atoms with Crippen LogP contribution in [0, 0.1) is 0 Å². The van der Waals surface area contributed by atoms with Gasteiger partial charge in [-0.15, -0.1) is 10.2 Å². The van der Waals surface area contributed by atoms with Gasteiger partial charge in [0.1, 0.15) is 0 Å². The Labute approximate surface area is 162 Å². The Balaban J connectivity index is 1.74. The summed E-state index contributed by atoms with van der Waals surface area (Å²) < 4.78 is 5.33. The molecule has 2 aromatic carbocycles. The molecule has 0 spiro atoms. The van der Waals surface area contributed by atoms with Gasteiger partial charge in [0, 0.05) is 30.4 Å². The van der Waals surface area contributed by atoms with Gasteiger partial charge in [-0.05, 0) is 24.1 Å². The highest BCUT2D eigenvalue weighted by atomic mass is 35.5. The SMILES string of the molecule is CN(C(=O)Oc1cc(C(N)Cc2ccccc2)c(Cl)nn1)c1ccccc1. The number of aromatic nitrogens is 2. The fraction of sp³-hybridized carbons (Fsp3) is 0.150. The van der Waals surface area contributed by atoms with E-state index in [4.69, 9.17) is 22.1 Å². The van der Waals surface area contributed by atoms with E-state index in [0.717, 1.165) is 5.56 Å². The molecule has 7 heteroatoms. The summed E-state index contributed by atoms with van der Waals surface area (Å²) in [6, 6.07) is 20.1. The highest BCUT2D eigenvalue weighted by Crippen LogP contribution is 2.25. The zero-order chi connectivity index (χ0) is 19.2. The first-order valence-corrected chi connectivity index (χ1v) is 8.75. The summed E-state index contributed by atoms with van der Waals surface area (Å²) in [5.41, 5.74) is 8.61. The number of para-hydroxylation sites is 1. The van der Waals surface area contributed by atoms with Crippen LogP contribution in [0.4, 0.5) is 10.5 Å². The lowest BCUT2D eigenvalue weighted by atomic mass is 10.0. The van der Waals surface area contributed by atoms with Gasteiger partial charge >= 0.3 is 6.09 Å². The van der Waals surface area contributed by atoms with Gasteiger partial charge in [-0.25, -0.2) is 4.79 Å². The number of hydrogen-bond donors (Lipinski definition) is 1. The number of nitrogens with two attached hydrogens (primary N) is 1. The molecule has 1 atom stereocenters. The fourth-order valence-electron chi connectivity index (χ4n) is 2.58. The van der Waals surface area contributed by atoms with Crippen LogP contribution in [0.1, 0.15) is 17.2 Å². The molecule has 0 aliphatic rings. The highest BCUT2D eigenvalue weighted by Gasteiger charge is 2.18. The van der Waals surface area contributed by atoms with Crippen LogP contribution in [0.2, 0.25) is 5.15 Å². The molecular formula is C20H19ClN4O2. The van der Waals surface area contributed by atoms with Gasteiger partial charge in [0.2, 0.25) is 5.88 Å². The second kappa shape index (κ2) is 8.62. The average Bonchev–Trinajstić information content (AvgIpc) is 2.70. The minimum Gasteiger partial charge on any atom is -0.389 e. The summed E-state index contributed by atoms with van der Waals surface area (Å²) in [5.74, 6) is 0.0469. The molecule has 0 radical (unpaired) electrons. The Morgan fingerprint density at radius 1 is 1.11 bits per heavy atom. The number of ether oxygens (including phenoxy) is 1. The first-order chi connectivity index (χ1) is 13.0. The molecule has 0 saturated carbocycles. The Morgan fingerprint density at radius 2 is 1.74 bits per heavy atom. The third-order valence-electron chi connectivity index (χ3n) is 4.06. The third-order valence-corrected chi connectivity index (χ3v) is 4.35. The summed E-state index contributed by atoms with van der Waals surface area (Å²) in [7, 11) is 1.61. The fourth-order valence-corrected chi connectivity index (χ4v) is 2.81. The molecule has 0 saturated heterocycles. The molecule has 0 bridgehead atoms. The number of carbonyl (C=O) groups excluding carboxylic acids is 1. The second-order valence-corrected chi connectivity index (χ2v) is 6.35. The van der Waals surface area contributed by atoms with Crippen LogP contribution >= 0.6 is 11.6 Å². The number of benzene rings is 2. The molecule has 0 aliphatic carbocycles. The molecule has 1 unspecified atom stereocenters. The largest absolute Gasteiger partial charge is 0.420 e. The zero-order valence-electron chi connectivity index (χ0n) is 14.7. The van der Waals surface area contributed by atoms with Crippen LogP contribution in [0.15, 0.2) is 66.7 Å². The Morgan fingerprint density at radius 3 is 2.41 bits per heavy atom. The Hall–Kier alpha value is -2.96. The lowest BCUT2D eigenvalue weighted by Crippen LogP contribution is -2.29.